The summed E-state index contributed by atoms with van der Waals surface area (Å²) in [5.41, 5.74) is 0. The number of nitrogens with zero attached hydrogens (tertiary/aromatic N) is 1. The van der Waals surface area contributed by atoms with E-state index >= 15 is 0 Å². The third kappa shape index (κ3) is 2.41. The Morgan fingerprint density at radius 2 is 2.18 bits per heavy atom. The fraction of sp³-hybridized carbons (Fsp3) is 0.667. The van der Waals surface area contributed by atoms with Crippen molar-refractivity contribution >= 4 is 21.4 Å². The third-order valence-corrected chi connectivity index (χ3v) is 6.99. The summed E-state index contributed by atoms with van der Waals surface area (Å²) in [5.74, 6) is 0. The van der Waals surface area contributed by atoms with E-state index < -0.39 is 10.0 Å². The molecule has 1 aromatic rings. The Labute approximate surface area is 108 Å². The average molecular weight is 273 g/mol. The minimum atomic E-state index is -3.24. The van der Waals surface area contributed by atoms with Crippen molar-refractivity contribution in [1.82, 2.24) is 4.31 Å². The number of hydrogen-bond acceptors (Lipinski definition) is 3. The Balaban J connectivity index is 2.29. The molecular weight excluding hydrogens is 254 g/mol. The molecule has 1 aliphatic rings. The van der Waals surface area contributed by atoms with Gasteiger partial charge in [-0.15, -0.1) is 11.3 Å². The molecule has 1 atom stereocenters. The zero-order chi connectivity index (χ0) is 12.5. The molecule has 0 aromatic carbocycles. The van der Waals surface area contributed by atoms with Crippen LogP contribution >= 0.6 is 11.3 Å². The van der Waals surface area contributed by atoms with Crippen LogP contribution in [0.5, 0.6) is 0 Å². The van der Waals surface area contributed by atoms with Gasteiger partial charge in [-0.25, -0.2) is 8.42 Å². The van der Waals surface area contributed by atoms with Crippen LogP contribution in [0.4, 0.5) is 0 Å². The molecule has 3 nitrogen and oxygen atoms in total. The van der Waals surface area contributed by atoms with Crippen LogP contribution in [0.15, 0.2) is 16.3 Å². The predicted octanol–water partition coefficient (Wildman–Crippen LogP) is 2.87. The van der Waals surface area contributed by atoms with Gasteiger partial charge in [-0.1, -0.05) is 13.8 Å². The van der Waals surface area contributed by atoms with Gasteiger partial charge >= 0.3 is 0 Å². The molecule has 0 spiro atoms. The number of aryl methyl sites for hydroxylation is 1. The molecule has 2 rings (SSSR count). The molecule has 1 aliphatic heterocycles. The van der Waals surface area contributed by atoms with Crippen LogP contribution in [0.25, 0.3) is 0 Å². The average Bonchev–Trinajstić information content (AvgIpc) is 2.97. The van der Waals surface area contributed by atoms with Gasteiger partial charge in [0.2, 0.25) is 0 Å². The van der Waals surface area contributed by atoms with E-state index in [1.165, 1.54) is 11.3 Å². The van der Waals surface area contributed by atoms with E-state index in [-0.39, 0.29) is 6.04 Å². The van der Waals surface area contributed by atoms with Crippen LogP contribution in [-0.4, -0.2) is 25.3 Å². The van der Waals surface area contributed by atoms with E-state index in [1.54, 1.807) is 10.4 Å². The van der Waals surface area contributed by atoms with E-state index in [4.69, 9.17) is 0 Å². The molecule has 1 aromatic heterocycles. The van der Waals surface area contributed by atoms with Crippen molar-refractivity contribution in [2.24, 2.45) is 0 Å². The summed E-state index contributed by atoms with van der Waals surface area (Å²) in [5, 5.41) is 0. The van der Waals surface area contributed by atoms with Gasteiger partial charge in [0.15, 0.2) is 0 Å². The van der Waals surface area contributed by atoms with Gasteiger partial charge in [0.05, 0.1) is 0 Å². The molecule has 0 N–H and O–H groups in total. The topological polar surface area (TPSA) is 37.4 Å². The monoisotopic (exact) mass is 273 g/mol. The predicted molar refractivity (Wildman–Crippen MR) is 70.9 cm³/mol. The summed E-state index contributed by atoms with van der Waals surface area (Å²) in [7, 11) is -3.24. The lowest BCUT2D eigenvalue weighted by molar-refractivity contribution is 0.380. The van der Waals surface area contributed by atoms with Crippen molar-refractivity contribution in [3.05, 3.63) is 17.0 Å². The Morgan fingerprint density at radius 3 is 2.76 bits per heavy atom. The van der Waals surface area contributed by atoms with Crippen molar-refractivity contribution in [2.75, 3.05) is 6.54 Å². The summed E-state index contributed by atoms with van der Waals surface area (Å²) >= 11 is 1.41. The smallest absolute Gasteiger partial charge is 0.206 e. The van der Waals surface area contributed by atoms with Crippen LogP contribution in [0.1, 0.15) is 38.0 Å². The van der Waals surface area contributed by atoms with E-state index in [9.17, 15) is 8.42 Å². The summed E-state index contributed by atoms with van der Waals surface area (Å²) < 4.78 is 27.1. The van der Waals surface area contributed by atoms with Gasteiger partial charge in [0, 0.05) is 17.5 Å². The van der Waals surface area contributed by atoms with Crippen LogP contribution in [0, 0.1) is 0 Å². The van der Waals surface area contributed by atoms with Gasteiger partial charge in [0.25, 0.3) is 10.0 Å². The molecular formula is C12H19NO2S2. The summed E-state index contributed by atoms with van der Waals surface area (Å²) in [6, 6.07) is 3.88. The second-order valence-electron chi connectivity index (χ2n) is 4.39. The molecule has 1 fully saturated rings. The lowest BCUT2D eigenvalue weighted by atomic mass is 10.2. The number of hydrogen-bond donors (Lipinski definition) is 0. The first kappa shape index (κ1) is 13.1. The van der Waals surface area contributed by atoms with Crippen molar-refractivity contribution < 1.29 is 8.42 Å². The Morgan fingerprint density at radius 1 is 1.41 bits per heavy atom. The van der Waals surface area contributed by atoms with Crippen molar-refractivity contribution in [3.63, 3.8) is 0 Å². The van der Waals surface area contributed by atoms with Gasteiger partial charge in [-0.05, 0) is 37.8 Å². The summed E-state index contributed by atoms with van der Waals surface area (Å²) in [4.78, 5) is 1.14. The third-order valence-electron chi connectivity index (χ3n) is 3.34. The highest BCUT2D eigenvalue weighted by atomic mass is 32.2. The Kier molecular flexibility index (Phi) is 3.90. The zero-order valence-corrected chi connectivity index (χ0v) is 12.0. The van der Waals surface area contributed by atoms with E-state index in [2.05, 4.69) is 6.92 Å². The van der Waals surface area contributed by atoms with Gasteiger partial charge < -0.3 is 0 Å². The van der Waals surface area contributed by atoms with Crippen LogP contribution in [0.2, 0.25) is 0 Å². The maximum Gasteiger partial charge on any atom is 0.252 e. The highest BCUT2D eigenvalue weighted by molar-refractivity contribution is 7.91. The minimum absolute atomic E-state index is 0.201. The van der Waals surface area contributed by atoms with Crippen LogP contribution in [-0.2, 0) is 16.4 Å². The van der Waals surface area contributed by atoms with E-state index in [0.717, 1.165) is 30.6 Å². The molecule has 0 radical (unpaired) electrons. The molecule has 96 valence electrons. The Bertz CT molecular complexity index is 478. The molecule has 1 saturated heterocycles. The zero-order valence-electron chi connectivity index (χ0n) is 10.3. The molecule has 1 unspecified atom stereocenters. The molecule has 0 amide bonds. The van der Waals surface area contributed by atoms with Crippen LogP contribution < -0.4 is 0 Å². The summed E-state index contributed by atoms with van der Waals surface area (Å²) in [6.45, 7) is 4.79. The van der Waals surface area contributed by atoms with Gasteiger partial charge in [-0.2, -0.15) is 4.31 Å². The highest BCUT2D eigenvalue weighted by Crippen LogP contribution is 2.31. The molecule has 5 heteroatoms. The normalized spacial score (nSPS) is 22.1. The first-order chi connectivity index (χ1) is 8.09. The largest absolute Gasteiger partial charge is 0.252 e. The quantitative estimate of drug-likeness (QED) is 0.846. The maximum absolute atomic E-state index is 12.5. The van der Waals surface area contributed by atoms with Gasteiger partial charge in [0.1, 0.15) is 4.21 Å². The minimum Gasteiger partial charge on any atom is -0.206 e. The second-order valence-corrected chi connectivity index (χ2v) is 7.68. The number of rotatable bonds is 4. The number of sulfonamides is 1. The molecule has 0 saturated carbocycles. The van der Waals surface area contributed by atoms with Crippen molar-refractivity contribution in [3.8, 4) is 0 Å². The van der Waals surface area contributed by atoms with E-state index in [1.807, 2.05) is 13.0 Å². The highest BCUT2D eigenvalue weighted by Gasteiger charge is 2.34. The first-order valence-corrected chi connectivity index (χ1v) is 8.45. The second kappa shape index (κ2) is 5.08. The first-order valence-electron chi connectivity index (χ1n) is 6.20. The molecule has 0 aliphatic carbocycles. The number of thiophene rings is 1. The van der Waals surface area contributed by atoms with E-state index in [0.29, 0.717) is 10.8 Å². The molecule has 2 heterocycles. The fourth-order valence-electron chi connectivity index (χ4n) is 2.34. The lowest BCUT2D eigenvalue weighted by Gasteiger charge is -2.21. The standard InChI is InChI=1S/C12H19NO2S2/c1-3-10-6-5-9-13(10)17(14,15)12-8-7-11(4-2)16-12/h7-8,10H,3-6,9H2,1-2H3. The molecule has 17 heavy (non-hydrogen) atoms. The SMILES string of the molecule is CCc1ccc(S(=O)(=O)N2CCCC2CC)s1. The lowest BCUT2D eigenvalue weighted by Crippen LogP contribution is -2.34. The van der Waals surface area contributed by atoms with Crippen molar-refractivity contribution in [2.45, 2.75) is 49.8 Å². The maximum atomic E-state index is 12.5. The van der Waals surface area contributed by atoms with Gasteiger partial charge in [-0.3, -0.25) is 0 Å². The summed E-state index contributed by atoms with van der Waals surface area (Å²) in [6.07, 6.45) is 3.80. The molecule has 0 bridgehead atoms. The fourth-order valence-corrected chi connectivity index (χ4v) is 5.53. The van der Waals surface area contributed by atoms with Crippen LogP contribution in [0.3, 0.4) is 0 Å². The van der Waals surface area contributed by atoms with Crippen molar-refractivity contribution in [1.29, 1.82) is 0 Å². The Hall–Kier alpha value is -0.390.